The van der Waals surface area contributed by atoms with Gasteiger partial charge in [0.05, 0.1) is 6.42 Å². The normalized spacial score (nSPS) is 11.1. The Kier molecular flexibility index (Phi) is 8.85. The van der Waals surface area contributed by atoms with Crippen molar-refractivity contribution < 1.29 is 33.8 Å². The number of carbonyl (C=O) groups excluding carboxylic acids is 3. The predicted molar refractivity (Wildman–Crippen MR) is 107 cm³/mol. The van der Waals surface area contributed by atoms with Gasteiger partial charge in [0.25, 0.3) is 0 Å². The highest BCUT2D eigenvalue weighted by molar-refractivity contribution is 5.92. The van der Waals surface area contributed by atoms with Crippen LogP contribution in [0, 0.1) is 0 Å². The molecule has 9 heteroatoms. The van der Waals surface area contributed by atoms with Crippen LogP contribution >= 0.6 is 0 Å². The molecule has 0 radical (unpaired) electrons. The van der Waals surface area contributed by atoms with Gasteiger partial charge in [-0.1, -0.05) is 48.5 Å². The van der Waals surface area contributed by atoms with E-state index in [0.29, 0.717) is 5.69 Å². The average Bonchev–Trinajstić information content (AvgIpc) is 2.75. The lowest BCUT2D eigenvalue weighted by atomic mass is 10.1. The molecule has 0 fully saturated rings. The Morgan fingerprint density at radius 3 is 2.17 bits per heavy atom. The van der Waals surface area contributed by atoms with Gasteiger partial charge in [0.2, 0.25) is 0 Å². The molecule has 0 heterocycles. The zero-order chi connectivity index (χ0) is 21.8. The number of anilines is 1. The Morgan fingerprint density at radius 2 is 1.53 bits per heavy atom. The molecule has 1 amide bonds. The first-order valence-electron chi connectivity index (χ1n) is 9.10. The smallest absolute Gasteiger partial charge is 0.408 e. The topological polar surface area (TPSA) is 131 Å². The summed E-state index contributed by atoms with van der Waals surface area (Å²) in [7, 11) is 0. The number of carbonyl (C=O) groups is 4. The summed E-state index contributed by atoms with van der Waals surface area (Å²) in [6, 6.07) is 16.4. The van der Waals surface area contributed by atoms with Crippen molar-refractivity contribution in [2.75, 3.05) is 18.5 Å². The predicted octanol–water partition coefficient (Wildman–Crippen LogP) is 1.98. The molecule has 2 aromatic carbocycles. The molecule has 0 saturated carbocycles. The van der Waals surface area contributed by atoms with Gasteiger partial charge in [-0.05, 0) is 17.7 Å². The number of carboxylic acids is 1. The van der Waals surface area contributed by atoms with Crippen molar-refractivity contribution in [1.29, 1.82) is 0 Å². The summed E-state index contributed by atoms with van der Waals surface area (Å²) < 4.78 is 9.85. The quantitative estimate of drug-likeness (QED) is 0.476. The number of Topliss-reactive ketones (excluding diaryl/α,β-unsaturated/α-hetero) is 1. The molecule has 0 unspecified atom stereocenters. The molecule has 0 aliphatic heterocycles. The van der Waals surface area contributed by atoms with E-state index in [2.05, 4.69) is 10.6 Å². The maximum absolute atomic E-state index is 12.2. The third-order valence-corrected chi connectivity index (χ3v) is 3.86. The van der Waals surface area contributed by atoms with Crippen LogP contribution in [0.1, 0.15) is 12.0 Å². The lowest BCUT2D eigenvalue weighted by Crippen LogP contribution is -2.44. The van der Waals surface area contributed by atoms with Gasteiger partial charge >= 0.3 is 18.0 Å². The Bertz CT molecular complexity index is 856. The van der Waals surface area contributed by atoms with Crippen LogP contribution in [0.2, 0.25) is 0 Å². The lowest BCUT2D eigenvalue weighted by molar-refractivity contribution is -0.147. The molecule has 30 heavy (non-hydrogen) atoms. The van der Waals surface area contributed by atoms with Crippen molar-refractivity contribution in [3.8, 4) is 0 Å². The number of alkyl carbamates (subject to hydrolysis) is 1. The van der Waals surface area contributed by atoms with E-state index in [1.54, 1.807) is 48.5 Å². The van der Waals surface area contributed by atoms with Crippen LogP contribution in [-0.2, 0) is 30.5 Å². The maximum atomic E-state index is 12.2. The number of para-hydroxylation sites is 1. The number of rotatable bonds is 11. The second kappa shape index (κ2) is 11.8. The zero-order valence-corrected chi connectivity index (χ0v) is 16.1. The summed E-state index contributed by atoms with van der Waals surface area (Å²) >= 11 is 0. The van der Waals surface area contributed by atoms with E-state index >= 15 is 0 Å². The van der Waals surface area contributed by atoms with Crippen LogP contribution < -0.4 is 10.6 Å². The number of esters is 1. The fourth-order valence-corrected chi connectivity index (χ4v) is 2.36. The van der Waals surface area contributed by atoms with Crippen LogP contribution in [0.25, 0.3) is 0 Å². The third kappa shape index (κ3) is 8.42. The molecular formula is C21H22N2O7. The molecule has 0 aliphatic rings. The molecule has 3 N–H and O–H groups in total. The van der Waals surface area contributed by atoms with Crippen molar-refractivity contribution in [2.24, 2.45) is 0 Å². The number of amides is 1. The Labute approximate surface area is 173 Å². The van der Waals surface area contributed by atoms with Gasteiger partial charge in [-0.25, -0.2) is 4.79 Å². The number of benzene rings is 2. The van der Waals surface area contributed by atoms with Crippen molar-refractivity contribution in [2.45, 2.75) is 19.1 Å². The number of aliphatic carboxylic acids is 1. The minimum absolute atomic E-state index is 0.0409. The van der Waals surface area contributed by atoms with Gasteiger partial charge in [-0.2, -0.15) is 0 Å². The van der Waals surface area contributed by atoms with Crippen molar-refractivity contribution in [3.63, 3.8) is 0 Å². The monoisotopic (exact) mass is 414 g/mol. The summed E-state index contributed by atoms with van der Waals surface area (Å²) in [4.78, 5) is 46.9. The van der Waals surface area contributed by atoms with E-state index in [4.69, 9.17) is 14.6 Å². The number of nitrogens with one attached hydrogen (secondary N) is 2. The Morgan fingerprint density at radius 1 is 0.900 bits per heavy atom. The third-order valence-electron chi connectivity index (χ3n) is 3.86. The second-order valence-electron chi connectivity index (χ2n) is 6.20. The molecule has 9 nitrogen and oxygen atoms in total. The SMILES string of the molecule is O=C(O)C[C@H](NC(=O)OCc1ccccc1)C(=O)COC(=O)CNc1ccccc1. The molecule has 0 spiro atoms. The van der Waals surface area contributed by atoms with E-state index in [0.717, 1.165) is 5.56 Å². The molecule has 0 aromatic heterocycles. The number of ether oxygens (including phenoxy) is 2. The molecular weight excluding hydrogens is 392 g/mol. The molecule has 0 bridgehead atoms. The standard InChI is InChI=1S/C21H22N2O7/c24-18(14-29-20(27)12-22-16-9-5-2-6-10-16)17(11-19(25)26)23-21(28)30-13-15-7-3-1-4-8-15/h1-10,17,22H,11-14H2,(H,23,28)(H,25,26)/t17-/m0/s1. The second-order valence-corrected chi connectivity index (χ2v) is 6.20. The van der Waals surface area contributed by atoms with Crippen molar-refractivity contribution >= 4 is 29.5 Å². The molecule has 0 aliphatic carbocycles. The number of hydrogen-bond acceptors (Lipinski definition) is 7. The summed E-state index contributed by atoms with van der Waals surface area (Å²) in [5, 5.41) is 14.0. The van der Waals surface area contributed by atoms with E-state index in [-0.39, 0.29) is 13.2 Å². The van der Waals surface area contributed by atoms with Crippen molar-refractivity contribution in [3.05, 3.63) is 66.2 Å². The summed E-state index contributed by atoms with van der Waals surface area (Å²) in [5.74, 6) is -2.76. The minimum Gasteiger partial charge on any atom is -0.481 e. The van der Waals surface area contributed by atoms with Gasteiger partial charge in [0.15, 0.2) is 12.4 Å². The average molecular weight is 414 g/mol. The summed E-state index contributed by atoms with van der Waals surface area (Å²) in [6.45, 7) is -0.888. The Hall–Kier alpha value is -3.88. The molecule has 2 rings (SSSR count). The van der Waals surface area contributed by atoms with E-state index in [1.807, 2.05) is 12.1 Å². The highest BCUT2D eigenvalue weighted by atomic mass is 16.5. The van der Waals surface area contributed by atoms with E-state index < -0.39 is 42.9 Å². The lowest BCUT2D eigenvalue weighted by Gasteiger charge is -2.16. The van der Waals surface area contributed by atoms with Crippen LogP contribution in [-0.4, -0.2) is 48.1 Å². The largest absolute Gasteiger partial charge is 0.481 e. The van der Waals surface area contributed by atoms with E-state index in [9.17, 15) is 19.2 Å². The van der Waals surface area contributed by atoms with Gasteiger partial charge in [0, 0.05) is 5.69 Å². The number of carboxylic acid groups (broad SMARTS) is 1. The van der Waals surface area contributed by atoms with E-state index in [1.165, 1.54) is 0 Å². The number of hydrogen-bond donors (Lipinski definition) is 3. The van der Waals surface area contributed by atoms with Crippen LogP contribution in [0.5, 0.6) is 0 Å². The minimum atomic E-state index is -1.39. The van der Waals surface area contributed by atoms with Gasteiger partial charge in [0.1, 0.15) is 19.2 Å². The van der Waals surface area contributed by atoms with Gasteiger partial charge < -0.3 is 25.2 Å². The molecule has 1 atom stereocenters. The first-order chi connectivity index (χ1) is 14.4. The van der Waals surface area contributed by atoms with Crippen LogP contribution in [0.4, 0.5) is 10.5 Å². The molecule has 158 valence electrons. The van der Waals surface area contributed by atoms with Crippen LogP contribution in [0.15, 0.2) is 60.7 Å². The fourth-order valence-electron chi connectivity index (χ4n) is 2.36. The first-order valence-corrected chi connectivity index (χ1v) is 9.10. The van der Waals surface area contributed by atoms with Crippen molar-refractivity contribution in [1.82, 2.24) is 5.32 Å². The summed E-state index contributed by atoms with van der Waals surface area (Å²) in [5.41, 5.74) is 1.43. The van der Waals surface area contributed by atoms with Crippen LogP contribution in [0.3, 0.4) is 0 Å². The molecule has 0 saturated heterocycles. The van der Waals surface area contributed by atoms with Gasteiger partial charge in [-0.15, -0.1) is 0 Å². The fraction of sp³-hybridized carbons (Fsp3) is 0.238. The first kappa shape index (κ1) is 22.4. The van der Waals surface area contributed by atoms with Gasteiger partial charge in [-0.3, -0.25) is 14.4 Å². The number of ketones is 1. The Balaban J connectivity index is 1.79. The zero-order valence-electron chi connectivity index (χ0n) is 16.1. The highest BCUT2D eigenvalue weighted by Crippen LogP contribution is 2.05. The highest BCUT2D eigenvalue weighted by Gasteiger charge is 2.25. The summed E-state index contributed by atoms with van der Waals surface area (Å²) in [6.07, 6.45) is -1.62. The maximum Gasteiger partial charge on any atom is 0.408 e. The molecule has 2 aromatic rings.